The third-order valence-corrected chi connectivity index (χ3v) is 3.49. The average molecular weight is 294 g/mol. The molecule has 1 heterocycles. The van der Waals surface area contributed by atoms with Crippen LogP contribution in [0.1, 0.15) is 17.2 Å². The van der Waals surface area contributed by atoms with Gasteiger partial charge in [0.15, 0.2) is 0 Å². The SMILES string of the molecule is O=c1cnn(CCNC(c2ccccc2)c2ccccc2)[nH]1. The van der Waals surface area contributed by atoms with Crippen molar-refractivity contribution in [1.82, 2.24) is 20.3 Å². The molecule has 0 unspecified atom stereocenters. The molecule has 1 aromatic heterocycles. The molecule has 0 radical (unpaired) electrons. The second-order valence-corrected chi connectivity index (χ2v) is 5.05. The second-order valence-electron chi connectivity index (χ2n) is 5.05. The van der Waals surface area contributed by atoms with E-state index in [-0.39, 0.29) is 11.6 Å². The molecule has 5 nitrogen and oxygen atoms in total. The highest BCUT2D eigenvalue weighted by Crippen LogP contribution is 2.21. The lowest BCUT2D eigenvalue weighted by Gasteiger charge is -2.19. The summed E-state index contributed by atoms with van der Waals surface area (Å²) in [5, 5.41) is 10.1. The van der Waals surface area contributed by atoms with Gasteiger partial charge in [-0.25, -0.2) is 9.90 Å². The minimum Gasteiger partial charge on any atom is -0.304 e. The molecule has 22 heavy (non-hydrogen) atoms. The molecule has 0 amide bonds. The molecule has 0 aliphatic heterocycles. The van der Waals surface area contributed by atoms with Crippen molar-refractivity contribution in [3.05, 3.63) is 88.3 Å². The van der Waals surface area contributed by atoms with Crippen LogP contribution in [0.5, 0.6) is 0 Å². The lowest BCUT2D eigenvalue weighted by atomic mass is 9.99. The first-order valence-corrected chi connectivity index (χ1v) is 7.28. The molecule has 0 saturated heterocycles. The Hall–Kier alpha value is -2.66. The van der Waals surface area contributed by atoms with Crippen molar-refractivity contribution in [3.8, 4) is 0 Å². The van der Waals surface area contributed by atoms with E-state index in [1.54, 1.807) is 4.80 Å². The maximum absolute atomic E-state index is 11.1. The summed E-state index contributed by atoms with van der Waals surface area (Å²) in [4.78, 5) is 12.6. The second kappa shape index (κ2) is 6.87. The van der Waals surface area contributed by atoms with Crippen molar-refractivity contribution >= 4 is 0 Å². The van der Waals surface area contributed by atoms with Crippen LogP contribution in [0.4, 0.5) is 0 Å². The van der Waals surface area contributed by atoms with Crippen molar-refractivity contribution in [1.29, 1.82) is 0 Å². The van der Waals surface area contributed by atoms with Crippen molar-refractivity contribution in [2.75, 3.05) is 6.54 Å². The summed E-state index contributed by atoms with van der Waals surface area (Å²) in [7, 11) is 0. The van der Waals surface area contributed by atoms with Gasteiger partial charge in [-0.2, -0.15) is 5.10 Å². The van der Waals surface area contributed by atoms with E-state index >= 15 is 0 Å². The topological polar surface area (TPSA) is 62.7 Å². The first-order valence-electron chi connectivity index (χ1n) is 7.28. The third-order valence-electron chi connectivity index (χ3n) is 3.49. The van der Waals surface area contributed by atoms with Gasteiger partial charge in [-0.05, 0) is 11.1 Å². The molecule has 0 atom stereocenters. The zero-order valence-corrected chi connectivity index (χ0v) is 12.1. The van der Waals surface area contributed by atoms with Crippen molar-refractivity contribution in [2.45, 2.75) is 12.6 Å². The standard InChI is InChI=1S/C17H18N4O/c22-16-13-19-21(20-16)12-11-18-17(14-7-3-1-4-8-14)15-9-5-2-6-10-15/h1-10,13,17-18H,11-12H2,(H,20,22). The molecule has 0 spiro atoms. The van der Waals surface area contributed by atoms with Gasteiger partial charge in [-0.3, -0.25) is 4.79 Å². The molecule has 0 aliphatic rings. The fraction of sp³-hybridized carbons (Fsp3) is 0.176. The summed E-state index contributed by atoms with van der Waals surface area (Å²) < 4.78 is 0. The Bertz CT molecular complexity index is 709. The van der Waals surface area contributed by atoms with Gasteiger partial charge >= 0.3 is 0 Å². The fourth-order valence-electron chi connectivity index (χ4n) is 2.45. The van der Waals surface area contributed by atoms with Gasteiger partial charge in [0.1, 0.15) is 6.20 Å². The molecular formula is C17H18N4O. The van der Waals surface area contributed by atoms with Crippen LogP contribution in [-0.2, 0) is 6.54 Å². The smallest absolute Gasteiger partial charge is 0.284 e. The molecule has 3 aromatic rings. The number of aromatic amines is 1. The van der Waals surface area contributed by atoms with Gasteiger partial charge in [-0.15, -0.1) is 0 Å². The predicted octanol–water partition coefficient (Wildman–Crippen LogP) is 1.95. The fourth-order valence-corrected chi connectivity index (χ4v) is 2.45. The summed E-state index contributed by atoms with van der Waals surface area (Å²) in [5.41, 5.74) is 2.24. The molecule has 0 bridgehead atoms. The van der Waals surface area contributed by atoms with Gasteiger partial charge in [0.2, 0.25) is 0 Å². The van der Waals surface area contributed by atoms with Gasteiger partial charge in [0, 0.05) is 6.54 Å². The highest BCUT2D eigenvalue weighted by molar-refractivity contribution is 5.31. The number of benzene rings is 2. The number of nitrogens with one attached hydrogen (secondary N) is 2. The van der Waals surface area contributed by atoms with E-state index in [0.29, 0.717) is 13.1 Å². The highest BCUT2D eigenvalue weighted by atomic mass is 16.1. The Morgan fingerprint density at radius 2 is 1.59 bits per heavy atom. The van der Waals surface area contributed by atoms with E-state index in [9.17, 15) is 4.79 Å². The molecule has 2 aromatic carbocycles. The number of hydrogen-bond acceptors (Lipinski definition) is 3. The van der Waals surface area contributed by atoms with Gasteiger partial charge < -0.3 is 5.32 Å². The van der Waals surface area contributed by atoms with Crippen LogP contribution < -0.4 is 10.9 Å². The van der Waals surface area contributed by atoms with E-state index in [1.165, 1.54) is 17.3 Å². The molecule has 5 heteroatoms. The van der Waals surface area contributed by atoms with E-state index in [0.717, 1.165) is 0 Å². The van der Waals surface area contributed by atoms with Crippen LogP contribution in [0, 0.1) is 0 Å². The Morgan fingerprint density at radius 3 is 2.09 bits per heavy atom. The van der Waals surface area contributed by atoms with E-state index in [2.05, 4.69) is 39.8 Å². The normalized spacial score (nSPS) is 11.0. The lowest BCUT2D eigenvalue weighted by Crippen LogP contribution is -2.27. The van der Waals surface area contributed by atoms with Crippen LogP contribution in [0.25, 0.3) is 0 Å². The number of hydrogen-bond donors (Lipinski definition) is 2. The summed E-state index contributed by atoms with van der Waals surface area (Å²) >= 11 is 0. The first kappa shape index (κ1) is 14.3. The number of nitrogens with zero attached hydrogens (tertiary/aromatic N) is 2. The van der Waals surface area contributed by atoms with Gasteiger partial charge in [0.05, 0.1) is 12.6 Å². The van der Waals surface area contributed by atoms with Gasteiger partial charge in [0.25, 0.3) is 5.56 Å². The van der Waals surface area contributed by atoms with Crippen molar-refractivity contribution < 1.29 is 0 Å². The maximum Gasteiger partial charge on any atom is 0.284 e. The Balaban J connectivity index is 1.73. The van der Waals surface area contributed by atoms with Crippen LogP contribution in [-0.4, -0.2) is 21.5 Å². The molecule has 0 saturated carbocycles. The minimum absolute atomic E-state index is 0.115. The van der Waals surface area contributed by atoms with Gasteiger partial charge in [-0.1, -0.05) is 60.7 Å². The van der Waals surface area contributed by atoms with Crippen LogP contribution in [0.3, 0.4) is 0 Å². The first-order chi connectivity index (χ1) is 10.8. The van der Waals surface area contributed by atoms with Crippen molar-refractivity contribution in [2.24, 2.45) is 0 Å². The largest absolute Gasteiger partial charge is 0.304 e. The molecule has 0 fully saturated rings. The molecule has 3 rings (SSSR count). The summed E-state index contributed by atoms with van der Waals surface area (Å²) in [6.45, 7) is 1.31. The summed E-state index contributed by atoms with van der Waals surface area (Å²) in [6.07, 6.45) is 1.28. The Kier molecular flexibility index (Phi) is 4.46. The van der Waals surface area contributed by atoms with E-state index in [4.69, 9.17) is 0 Å². The van der Waals surface area contributed by atoms with E-state index < -0.39 is 0 Å². The monoisotopic (exact) mass is 294 g/mol. The molecule has 112 valence electrons. The van der Waals surface area contributed by atoms with Crippen LogP contribution >= 0.6 is 0 Å². The van der Waals surface area contributed by atoms with E-state index in [1.807, 2.05) is 36.4 Å². The summed E-state index contributed by atoms with van der Waals surface area (Å²) in [5.74, 6) is 0. The summed E-state index contributed by atoms with van der Waals surface area (Å²) in [6, 6.07) is 20.7. The Labute approximate surface area is 128 Å². The predicted molar refractivity (Wildman–Crippen MR) is 85.6 cm³/mol. The zero-order chi connectivity index (χ0) is 15.2. The lowest BCUT2D eigenvalue weighted by molar-refractivity contribution is 0.480. The Morgan fingerprint density at radius 1 is 1.00 bits per heavy atom. The zero-order valence-electron chi connectivity index (χ0n) is 12.1. The molecular weight excluding hydrogens is 276 g/mol. The van der Waals surface area contributed by atoms with Crippen molar-refractivity contribution in [3.63, 3.8) is 0 Å². The maximum atomic E-state index is 11.1. The highest BCUT2D eigenvalue weighted by Gasteiger charge is 2.12. The number of rotatable bonds is 6. The minimum atomic E-state index is -0.178. The quantitative estimate of drug-likeness (QED) is 0.730. The van der Waals surface area contributed by atoms with Crippen LogP contribution in [0.2, 0.25) is 0 Å². The number of H-pyrrole nitrogens is 1. The van der Waals surface area contributed by atoms with Crippen LogP contribution in [0.15, 0.2) is 71.7 Å². The third kappa shape index (κ3) is 3.51. The molecule has 0 aliphatic carbocycles. The average Bonchev–Trinajstić information content (AvgIpc) is 2.99. The molecule has 2 N–H and O–H groups in total. The number of aromatic nitrogens is 3.